The van der Waals surface area contributed by atoms with Gasteiger partial charge in [-0.25, -0.2) is 14.4 Å². The van der Waals surface area contributed by atoms with Gasteiger partial charge in [-0.3, -0.25) is 14.5 Å². The number of ether oxygens (including phenoxy) is 2. The van der Waals surface area contributed by atoms with E-state index in [1.807, 2.05) is 6.07 Å². The number of benzene rings is 2. The molecule has 1 unspecified atom stereocenters. The van der Waals surface area contributed by atoms with Crippen LogP contribution in [-0.2, 0) is 25.5 Å². The van der Waals surface area contributed by atoms with E-state index in [1.54, 1.807) is 43.3 Å². The van der Waals surface area contributed by atoms with Gasteiger partial charge < -0.3 is 20.1 Å². The third kappa shape index (κ3) is 4.91. The van der Waals surface area contributed by atoms with Crippen molar-refractivity contribution in [2.45, 2.75) is 19.4 Å². The molecule has 0 bridgehead atoms. The van der Waals surface area contributed by atoms with Gasteiger partial charge in [0.2, 0.25) is 0 Å². The molecule has 0 saturated carbocycles. The molecule has 0 fully saturated rings. The summed E-state index contributed by atoms with van der Waals surface area (Å²) in [7, 11) is 0. The number of fused-ring (bicyclic) bond motifs is 1. The van der Waals surface area contributed by atoms with Crippen molar-refractivity contribution in [2.24, 2.45) is 0 Å². The fraction of sp³-hybridized carbons (Fsp3) is 0.240. The molecule has 2 aromatic rings. The highest BCUT2D eigenvalue weighted by atomic mass is 16.5. The first-order valence-corrected chi connectivity index (χ1v) is 11.0. The average Bonchev–Trinajstić information content (AvgIpc) is 3.11. The van der Waals surface area contributed by atoms with Crippen molar-refractivity contribution in [3.05, 3.63) is 82.6 Å². The van der Waals surface area contributed by atoms with Crippen molar-refractivity contribution >= 4 is 29.8 Å². The van der Waals surface area contributed by atoms with Gasteiger partial charge in [0.1, 0.15) is 12.6 Å². The number of hydrogen-bond acceptors (Lipinski definition) is 7. The number of carbonyl (C=O) groups is 5. The summed E-state index contributed by atoms with van der Waals surface area (Å²) in [5.74, 6) is -2.70. The normalized spacial score (nSPS) is 15.8. The molecule has 10 nitrogen and oxygen atoms in total. The van der Waals surface area contributed by atoms with Gasteiger partial charge in [0.05, 0.1) is 35.5 Å². The summed E-state index contributed by atoms with van der Waals surface area (Å²) < 4.78 is 10.4. The molecule has 2 N–H and O–H groups in total. The van der Waals surface area contributed by atoms with Crippen LogP contribution in [0.25, 0.3) is 0 Å². The van der Waals surface area contributed by atoms with Crippen LogP contribution in [0.4, 0.5) is 4.79 Å². The third-order valence-corrected chi connectivity index (χ3v) is 5.62. The zero-order chi connectivity index (χ0) is 24.9. The lowest BCUT2D eigenvalue weighted by molar-refractivity contribution is -0.147. The SMILES string of the molecule is CCOC(=O)C1=C(COC(=O)C(Cc2ccccc2)N2C(=O)c3ccccc3C2=O)NC(=O)NC1. The largest absolute Gasteiger partial charge is 0.463 e. The minimum atomic E-state index is -1.26. The number of esters is 2. The number of nitrogens with one attached hydrogen (secondary N) is 2. The topological polar surface area (TPSA) is 131 Å². The van der Waals surface area contributed by atoms with E-state index in [9.17, 15) is 24.0 Å². The zero-order valence-electron chi connectivity index (χ0n) is 18.9. The van der Waals surface area contributed by atoms with Crippen LogP contribution < -0.4 is 10.6 Å². The first kappa shape index (κ1) is 23.7. The molecule has 10 heteroatoms. The zero-order valence-corrected chi connectivity index (χ0v) is 18.9. The molecule has 1 atom stereocenters. The predicted molar refractivity (Wildman–Crippen MR) is 122 cm³/mol. The Bertz CT molecular complexity index is 1190. The molecule has 0 saturated heterocycles. The minimum absolute atomic E-state index is 0.0306. The quantitative estimate of drug-likeness (QED) is 0.436. The summed E-state index contributed by atoms with van der Waals surface area (Å²) in [4.78, 5) is 64.3. The second-order valence-electron chi connectivity index (χ2n) is 7.82. The Labute approximate surface area is 200 Å². The van der Waals surface area contributed by atoms with Gasteiger partial charge >= 0.3 is 18.0 Å². The molecular weight excluding hydrogens is 454 g/mol. The lowest BCUT2D eigenvalue weighted by Crippen LogP contribution is -2.48. The van der Waals surface area contributed by atoms with Crippen LogP contribution in [-0.4, -0.2) is 60.5 Å². The molecule has 0 aliphatic carbocycles. The van der Waals surface area contributed by atoms with Crippen LogP contribution >= 0.6 is 0 Å². The summed E-state index contributed by atoms with van der Waals surface area (Å²) in [5, 5.41) is 4.92. The second kappa shape index (κ2) is 10.2. The Morgan fingerprint density at radius 3 is 2.20 bits per heavy atom. The van der Waals surface area contributed by atoms with Crippen LogP contribution in [0.3, 0.4) is 0 Å². The molecule has 2 heterocycles. The second-order valence-corrected chi connectivity index (χ2v) is 7.82. The van der Waals surface area contributed by atoms with Crippen molar-refractivity contribution in [3.8, 4) is 0 Å². The van der Waals surface area contributed by atoms with Crippen molar-refractivity contribution in [2.75, 3.05) is 19.8 Å². The smallest absolute Gasteiger partial charge is 0.337 e. The van der Waals surface area contributed by atoms with Crippen LogP contribution in [0.5, 0.6) is 0 Å². The van der Waals surface area contributed by atoms with Gasteiger partial charge in [-0.05, 0) is 24.6 Å². The highest BCUT2D eigenvalue weighted by Crippen LogP contribution is 2.26. The van der Waals surface area contributed by atoms with Crippen LogP contribution in [0.2, 0.25) is 0 Å². The standard InChI is InChI=1S/C25H23N3O7/c1-2-34-23(31)18-13-26-25(33)27-19(18)14-35-24(32)20(12-15-8-4-3-5-9-15)28-21(29)16-10-6-7-11-17(16)22(28)30/h3-11,20H,2,12-14H2,1H3,(H2,26,27,33). The average molecular weight is 477 g/mol. The maximum Gasteiger partial charge on any atom is 0.337 e. The molecule has 2 aliphatic heterocycles. The van der Waals surface area contributed by atoms with E-state index in [-0.39, 0.29) is 42.0 Å². The van der Waals surface area contributed by atoms with Crippen LogP contribution in [0.15, 0.2) is 65.9 Å². The lowest BCUT2D eigenvalue weighted by atomic mass is 10.0. The maximum absolute atomic E-state index is 13.3. The van der Waals surface area contributed by atoms with Crippen LogP contribution in [0, 0.1) is 0 Å². The predicted octanol–water partition coefficient (Wildman–Crippen LogP) is 1.57. The number of carbonyl (C=O) groups excluding carboxylic acids is 5. The van der Waals surface area contributed by atoms with Crippen LogP contribution in [0.1, 0.15) is 33.2 Å². The summed E-state index contributed by atoms with van der Waals surface area (Å²) in [6.07, 6.45) is 0.0306. The summed E-state index contributed by atoms with van der Waals surface area (Å²) in [5.41, 5.74) is 1.32. The summed E-state index contributed by atoms with van der Waals surface area (Å²) >= 11 is 0. The molecular formula is C25H23N3O7. The molecule has 0 radical (unpaired) electrons. The molecule has 0 spiro atoms. The first-order valence-electron chi connectivity index (χ1n) is 11.0. The highest BCUT2D eigenvalue weighted by Gasteiger charge is 2.43. The molecule has 180 valence electrons. The van der Waals surface area contributed by atoms with Crippen molar-refractivity contribution < 1.29 is 33.4 Å². The van der Waals surface area contributed by atoms with E-state index >= 15 is 0 Å². The molecule has 2 aliphatic rings. The van der Waals surface area contributed by atoms with E-state index in [0.29, 0.717) is 5.56 Å². The van der Waals surface area contributed by atoms with E-state index in [4.69, 9.17) is 9.47 Å². The third-order valence-electron chi connectivity index (χ3n) is 5.62. The Kier molecular flexibility index (Phi) is 6.91. The number of amides is 4. The number of rotatable bonds is 8. The number of nitrogens with zero attached hydrogens (tertiary/aromatic N) is 1. The Balaban J connectivity index is 1.60. The molecule has 4 amide bonds. The van der Waals surface area contributed by atoms with Gasteiger partial charge in [0.25, 0.3) is 11.8 Å². The number of urea groups is 1. The van der Waals surface area contributed by atoms with Gasteiger partial charge in [-0.1, -0.05) is 42.5 Å². The van der Waals surface area contributed by atoms with Gasteiger partial charge in [-0.2, -0.15) is 0 Å². The maximum atomic E-state index is 13.3. The van der Waals surface area contributed by atoms with Gasteiger partial charge in [0.15, 0.2) is 0 Å². The minimum Gasteiger partial charge on any atom is -0.463 e. The summed E-state index contributed by atoms with van der Waals surface area (Å²) in [6.45, 7) is 1.23. The Morgan fingerprint density at radius 1 is 0.943 bits per heavy atom. The van der Waals surface area contributed by atoms with Gasteiger partial charge in [0, 0.05) is 6.42 Å². The van der Waals surface area contributed by atoms with Crippen molar-refractivity contribution in [1.82, 2.24) is 15.5 Å². The lowest BCUT2D eigenvalue weighted by Gasteiger charge is -2.26. The fourth-order valence-electron chi connectivity index (χ4n) is 3.92. The van der Waals surface area contributed by atoms with E-state index < -0.39 is 42.4 Å². The highest BCUT2D eigenvalue weighted by molar-refractivity contribution is 6.22. The first-order chi connectivity index (χ1) is 16.9. The fourth-order valence-corrected chi connectivity index (χ4v) is 3.92. The van der Waals surface area contributed by atoms with Crippen molar-refractivity contribution in [3.63, 3.8) is 0 Å². The Morgan fingerprint density at radius 2 is 1.57 bits per heavy atom. The summed E-state index contributed by atoms with van der Waals surface area (Å²) in [6, 6.07) is 13.4. The van der Waals surface area contributed by atoms with Gasteiger partial charge in [-0.15, -0.1) is 0 Å². The van der Waals surface area contributed by atoms with Crippen molar-refractivity contribution in [1.29, 1.82) is 0 Å². The molecule has 4 rings (SSSR count). The molecule has 35 heavy (non-hydrogen) atoms. The monoisotopic (exact) mass is 477 g/mol. The number of hydrogen-bond donors (Lipinski definition) is 2. The molecule has 2 aromatic carbocycles. The molecule has 0 aromatic heterocycles. The Hall–Kier alpha value is -4.47. The van der Waals surface area contributed by atoms with E-state index in [1.165, 1.54) is 12.1 Å². The van der Waals surface area contributed by atoms with E-state index in [2.05, 4.69) is 10.6 Å². The van der Waals surface area contributed by atoms with E-state index in [0.717, 1.165) is 4.90 Å². The number of imide groups is 1.